The molecule has 1 amide bonds. The maximum atomic E-state index is 12.6. The van der Waals surface area contributed by atoms with Gasteiger partial charge in [0.1, 0.15) is 11.9 Å². The molecule has 6 rings (SSSR count). The monoisotopic (exact) mass is 613 g/mol. The smallest absolute Gasteiger partial charge is 0.318 e. The molecule has 0 radical (unpaired) electrons. The molecule has 0 bridgehead atoms. The Morgan fingerprint density at radius 2 is 2.00 bits per heavy atom. The molecule has 3 aliphatic rings. The molecule has 2 atom stereocenters. The topological polar surface area (TPSA) is 69.4 Å². The van der Waals surface area contributed by atoms with Crippen LogP contribution in [0.1, 0.15) is 31.0 Å². The van der Waals surface area contributed by atoms with Crippen LogP contribution in [0.2, 0.25) is 5.02 Å². The van der Waals surface area contributed by atoms with Crippen molar-refractivity contribution in [3.8, 4) is 6.01 Å². The number of amides is 1. The number of nitrogens with zero attached hydrogens (tertiary/aromatic N) is 7. The first kappa shape index (κ1) is 30.2. The largest absolute Gasteiger partial charge is 0.463 e. The van der Waals surface area contributed by atoms with Crippen LogP contribution in [0.4, 0.5) is 11.5 Å². The predicted octanol–water partition coefficient (Wildman–Crippen LogP) is 5.08. The average Bonchev–Trinajstić information content (AvgIpc) is 3.77. The van der Waals surface area contributed by atoms with Gasteiger partial charge in [0, 0.05) is 54.3 Å². The van der Waals surface area contributed by atoms with E-state index in [1.807, 2.05) is 12.1 Å². The molecular weight excluding hydrogens is 574 g/mol. The minimum absolute atomic E-state index is 0.138. The molecule has 44 heavy (non-hydrogen) atoms. The van der Waals surface area contributed by atoms with Gasteiger partial charge in [-0.3, -0.25) is 4.79 Å². The van der Waals surface area contributed by atoms with E-state index < -0.39 is 0 Å². The zero-order valence-electron chi connectivity index (χ0n) is 25.8. The van der Waals surface area contributed by atoms with Gasteiger partial charge in [-0.05, 0) is 63.9 Å². The number of fused-ring (bicyclic) bond motifs is 2. The Morgan fingerprint density at radius 1 is 1.23 bits per heavy atom. The van der Waals surface area contributed by atoms with Gasteiger partial charge >= 0.3 is 6.01 Å². The van der Waals surface area contributed by atoms with E-state index in [1.165, 1.54) is 6.08 Å². The second kappa shape index (κ2) is 12.3. The number of ether oxygens (including phenoxy) is 1. The van der Waals surface area contributed by atoms with Gasteiger partial charge in [0.05, 0.1) is 23.9 Å². The van der Waals surface area contributed by atoms with Crippen molar-refractivity contribution in [3.05, 3.63) is 76.8 Å². The van der Waals surface area contributed by atoms with Gasteiger partial charge in [0.2, 0.25) is 12.5 Å². The van der Waals surface area contributed by atoms with Crippen LogP contribution in [-0.4, -0.2) is 91.2 Å². The molecular formula is C34H40ClN7O2. The highest BCUT2D eigenvalue weighted by atomic mass is 35.5. The molecule has 0 N–H and O–H groups in total. The summed E-state index contributed by atoms with van der Waals surface area (Å²) in [6, 6.07) is 12.6. The Bertz CT molecular complexity index is 1610. The van der Waals surface area contributed by atoms with Crippen molar-refractivity contribution < 1.29 is 9.53 Å². The summed E-state index contributed by atoms with van der Waals surface area (Å²) in [6.07, 6.45) is 4.35. The van der Waals surface area contributed by atoms with Crippen molar-refractivity contribution in [1.29, 1.82) is 0 Å². The highest BCUT2D eigenvalue weighted by Crippen LogP contribution is 2.46. The third-order valence-corrected chi connectivity index (χ3v) is 9.52. The summed E-state index contributed by atoms with van der Waals surface area (Å²) in [6.45, 7) is 17.4. The number of piperazine rings is 1. The Labute approximate surface area is 264 Å². The number of anilines is 2. The SMILES string of the molecule is [C-]#[N+]C[C@H]1CN(c2nc(OCC3(CN(C)C)CC3)nc3c2C[C@@H](C)N(c2cccc4cccc(Cl)c24)C3)CCN1C(=O)C=C. The number of carbonyl (C=O) groups is 1. The molecule has 1 aliphatic carbocycles. The van der Waals surface area contributed by atoms with Gasteiger partial charge in [-0.1, -0.05) is 42.4 Å². The molecule has 2 aliphatic heterocycles. The van der Waals surface area contributed by atoms with Crippen LogP contribution in [-0.2, 0) is 17.8 Å². The lowest BCUT2D eigenvalue weighted by Gasteiger charge is -2.42. The fourth-order valence-corrected chi connectivity index (χ4v) is 7.13. The van der Waals surface area contributed by atoms with Gasteiger partial charge in [-0.15, -0.1) is 0 Å². The van der Waals surface area contributed by atoms with E-state index in [1.54, 1.807) is 4.90 Å². The van der Waals surface area contributed by atoms with Crippen LogP contribution in [0.25, 0.3) is 15.6 Å². The van der Waals surface area contributed by atoms with Gasteiger partial charge in [-0.2, -0.15) is 9.97 Å². The average molecular weight is 614 g/mol. The normalized spacial score (nSPS) is 20.8. The third-order valence-electron chi connectivity index (χ3n) is 9.20. The highest BCUT2D eigenvalue weighted by molar-refractivity contribution is 6.36. The summed E-state index contributed by atoms with van der Waals surface area (Å²) in [5.74, 6) is 0.714. The van der Waals surface area contributed by atoms with E-state index in [2.05, 4.69) is 71.4 Å². The van der Waals surface area contributed by atoms with E-state index in [9.17, 15) is 4.79 Å². The maximum Gasteiger partial charge on any atom is 0.318 e. The van der Waals surface area contributed by atoms with Crippen LogP contribution in [0.15, 0.2) is 49.1 Å². The molecule has 2 fully saturated rings. The molecule has 3 aromatic rings. The van der Waals surface area contributed by atoms with Crippen LogP contribution < -0.4 is 14.5 Å². The van der Waals surface area contributed by atoms with Crippen LogP contribution >= 0.6 is 11.6 Å². The van der Waals surface area contributed by atoms with Gasteiger partial charge in [0.25, 0.3) is 0 Å². The van der Waals surface area contributed by atoms with E-state index in [4.69, 9.17) is 32.9 Å². The van der Waals surface area contributed by atoms with Crippen molar-refractivity contribution >= 4 is 39.8 Å². The highest BCUT2D eigenvalue weighted by Gasteiger charge is 2.44. The number of rotatable bonds is 9. The molecule has 0 spiro atoms. The second-order valence-corrected chi connectivity index (χ2v) is 13.2. The van der Waals surface area contributed by atoms with E-state index in [0.717, 1.165) is 64.4 Å². The molecule has 2 aromatic carbocycles. The van der Waals surface area contributed by atoms with Crippen LogP contribution in [0.3, 0.4) is 0 Å². The minimum Gasteiger partial charge on any atom is -0.463 e. The fraction of sp³-hybridized carbons (Fsp3) is 0.471. The summed E-state index contributed by atoms with van der Waals surface area (Å²) in [5.41, 5.74) is 3.27. The first-order valence-corrected chi connectivity index (χ1v) is 15.7. The van der Waals surface area contributed by atoms with Gasteiger partial charge in [0.15, 0.2) is 0 Å². The van der Waals surface area contributed by atoms with Crippen molar-refractivity contribution in [2.75, 3.05) is 63.2 Å². The Hall–Kier alpha value is -3.87. The first-order chi connectivity index (χ1) is 21.2. The zero-order valence-corrected chi connectivity index (χ0v) is 26.6. The zero-order chi connectivity index (χ0) is 31.0. The number of carbonyl (C=O) groups excluding carboxylic acids is 1. The summed E-state index contributed by atoms with van der Waals surface area (Å²) < 4.78 is 6.40. The van der Waals surface area contributed by atoms with Crippen LogP contribution in [0.5, 0.6) is 6.01 Å². The molecule has 1 saturated carbocycles. The Kier molecular flexibility index (Phi) is 8.40. The number of halogens is 1. The lowest BCUT2D eigenvalue weighted by molar-refractivity contribution is -0.128. The van der Waals surface area contributed by atoms with E-state index in [0.29, 0.717) is 38.8 Å². The summed E-state index contributed by atoms with van der Waals surface area (Å²) in [5, 5.41) is 2.88. The van der Waals surface area contributed by atoms with E-state index in [-0.39, 0.29) is 30.0 Å². The van der Waals surface area contributed by atoms with Crippen molar-refractivity contribution in [2.45, 2.75) is 44.8 Å². The minimum atomic E-state index is -0.244. The summed E-state index contributed by atoms with van der Waals surface area (Å²) in [4.78, 5) is 34.9. The lowest BCUT2D eigenvalue weighted by Crippen LogP contribution is -2.56. The molecule has 9 nitrogen and oxygen atoms in total. The molecule has 10 heteroatoms. The van der Waals surface area contributed by atoms with Crippen molar-refractivity contribution in [1.82, 2.24) is 19.8 Å². The third kappa shape index (κ3) is 5.93. The fourth-order valence-electron chi connectivity index (χ4n) is 6.85. The Morgan fingerprint density at radius 3 is 2.70 bits per heavy atom. The van der Waals surface area contributed by atoms with E-state index >= 15 is 0 Å². The number of benzene rings is 2. The molecule has 1 aromatic heterocycles. The van der Waals surface area contributed by atoms with Gasteiger partial charge < -0.3 is 29.2 Å². The quantitative estimate of drug-likeness (QED) is 0.246. The van der Waals surface area contributed by atoms with Crippen molar-refractivity contribution in [2.24, 2.45) is 5.41 Å². The number of hydrogen-bond acceptors (Lipinski definition) is 7. The Balaban J connectivity index is 1.37. The summed E-state index contributed by atoms with van der Waals surface area (Å²) in [7, 11) is 4.19. The number of aromatic nitrogens is 2. The second-order valence-electron chi connectivity index (χ2n) is 12.8. The molecule has 230 valence electrons. The van der Waals surface area contributed by atoms with Crippen LogP contribution in [0, 0.1) is 12.0 Å². The van der Waals surface area contributed by atoms with Gasteiger partial charge in [-0.25, -0.2) is 6.57 Å². The maximum absolute atomic E-state index is 12.6. The predicted molar refractivity (Wildman–Crippen MR) is 175 cm³/mol. The van der Waals surface area contributed by atoms with Crippen molar-refractivity contribution in [3.63, 3.8) is 0 Å². The number of hydrogen-bond donors (Lipinski definition) is 0. The standard InChI is InChI=1S/C34H40ClN7O2/c1-6-30(43)41-16-15-40(19-25(41)18-36-3)32-26-17-23(2)42(29-12-8-10-24-9-7-11-27(35)31(24)29)20-28(26)37-33(38-32)44-22-34(13-14-34)21-39(4)5/h6-12,23,25H,1,13-22H2,2,4-5H3/t23-,25+/m1/s1. The summed E-state index contributed by atoms with van der Waals surface area (Å²) >= 11 is 6.75. The first-order valence-electron chi connectivity index (χ1n) is 15.3. The molecule has 0 unspecified atom stereocenters. The lowest BCUT2D eigenvalue weighted by atomic mass is 9.96. The molecule has 1 saturated heterocycles. The molecule has 3 heterocycles.